The molecule has 8 heteroatoms. The largest absolute Gasteiger partial charge is 0.312 e. The Balaban J connectivity index is 2.04. The first-order valence-corrected chi connectivity index (χ1v) is 7.53. The van der Waals surface area contributed by atoms with Gasteiger partial charge in [-0.05, 0) is 0 Å². The van der Waals surface area contributed by atoms with Crippen molar-refractivity contribution in [3.8, 4) is 0 Å². The van der Waals surface area contributed by atoms with E-state index >= 15 is 0 Å². The number of rotatable bonds is 0. The summed E-state index contributed by atoms with van der Waals surface area (Å²) in [5.41, 5.74) is 12.0. The molecule has 0 saturated carbocycles. The van der Waals surface area contributed by atoms with Crippen molar-refractivity contribution >= 4 is 0 Å². The second kappa shape index (κ2) is 7.62. The molecule has 0 aromatic heterocycles. The molecule has 0 aromatic rings. The van der Waals surface area contributed by atoms with E-state index in [4.69, 9.17) is 11.5 Å². The Morgan fingerprint density at radius 2 is 0.800 bits per heavy atom. The summed E-state index contributed by atoms with van der Waals surface area (Å²) in [6.45, 7) is 8.05. The molecular weight excluding hydrogens is 256 g/mol. The van der Waals surface area contributed by atoms with Gasteiger partial charge in [0.25, 0.3) is 0 Å². The lowest BCUT2D eigenvalue weighted by atomic mass is 10.1. The van der Waals surface area contributed by atoms with Gasteiger partial charge in [0.1, 0.15) is 0 Å². The van der Waals surface area contributed by atoms with Gasteiger partial charge >= 0.3 is 0 Å². The van der Waals surface area contributed by atoms with Crippen LogP contribution in [0.1, 0.15) is 0 Å². The van der Waals surface area contributed by atoms with Crippen molar-refractivity contribution in [2.45, 2.75) is 11.3 Å². The van der Waals surface area contributed by atoms with Crippen LogP contribution in [0.15, 0.2) is 0 Å². The van der Waals surface area contributed by atoms with Gasteiger partial charge in [-0.3, -0.25) is 10.6 Å². The molecule has 2 aliphatic heterocycles. The summed E-state index contributed by atoms with van der Waals surface area (Å²) in [6.07, 6.45) is 0. The summed E-state index contributed by atoms with van der Waals surface area (Å²) < 4.78 is 0. The van der Waals surface area contributed by atoms with Crippen LogP contribution in [0.25, 0.3) is 0 Å². The average molecular weight is 286 g/mol. The zero-order valence-electron chi connectivity index (χ0n) is 12.2. The third-order valence-corrected chi connectivity index (χ3v) is 3.80. The Morgan fingerprint density at radius 3 is 1.10 bits per heavy atom. The molecule has 2 aliphatic rings. The Bertz CT molecular complexity index is 241. The standard InChI is InChI=1S/C12H30N8/c13-11-7-15-1-2-16-8-12(14,20-6-5-19-11)10-18-4-3-17-9-11/h15-20H,1-10,13-14H2/t11-,12+. The molecule has 0 amide bonds. The molecule has 0 aromatic carbocycles. The van der Waals surface area contributed by atoms with Crippen molar-refractivity contribution < 1.29 is 0 Å². The summed E-state index contributed by atoms with van der Waals surface area (Å²) >= 11 is 0. The summed E-state index contributed by atoms with van der Waals surface area (Å²) in [4.78, 5) is 0. The minimum absolute atomic E-state index is 0.433. The van der Waals surface area contributed by atoms with Crippen LogP contribution in [0.3, 0.4) is 0 Å². The zero-order valence-corrected chi connectivity index (χ0v) is 12.2. The molecule has 10 N–H and O–H groups in total. The van der Waals surface area contributed by atoms with E-state index in [2.05, 4.69) is 31.9 Å². The first-order valence-electron chi connectivity index (χ1n) is 7.53. The second-order valence-electron chi connectivity index (χ2n) is 5.87. The molecule has 0 unspecified atom stereocenters. The van der Waals surface area contributed by atoms with E-state index in [1.165, 1.54) is 0 Å². The number of nitrogens with one attached hydrogen (secondary N) is 6. The third kappa shape index (κ3) is 5.23. The van der Waals surface area contributed by atoms with Crippen molar-refractivity contribution in [2.24, 2.45) is 11.5 Å². The van der Waals surface area contributed by atoms with E-state index in [1.54, 1.807) is 0 Å². The van der Waals surface area contributed by atoms with Gasteiger partial charge in [0.2, 0.25) is 0 Å². The van der Waals surface area contributed by atoms with Crippen LogP contribution in [0.4, 0.5) is 0 Å². The fraction of sp³-hybridized carbons (Fsp3) is 1.00. The van der Waals surface area contributed by atoms with Gasteiger partial charge in [-0.15, -0.1) is 0 Å². The summed E-state index contributed by atoms with van der Waals surface area (Å²) in [6, 6.07) is 0. The molecule has 8 nitrogen and oxygen atoms in total. The number of hydrogen-bond donors (Lipinski definition) is 8. The number of fused-ring (bicyclic) bond motifs is 5. The van der Waals surface area contributed by atoms with E-state index in [0.717, 1.165) is 65.4 Å². The molecular formula is C12H30N8. The van der Waals surface area contributed by atoms with E-state index in [1.807, 2.05) is 0 Å². The van der Waals surface area contributed by atoms with E-state index in [-0.39, 0.29) is 0 Å². The smallest absolute Gasteiger partial charge is 0.0918 e. The molecule has 0 atom stereocenters. The highest BCUT2D eigenvalue weighted by Crippen LogP contribution is 1.96. The van der Waals surface area contributed by atoms with Gasteiger partial charge in [-0.25, -0.2) is 0 Å². The molecule has 2 heterocycles. The molecule has 2 bridgehead atoms. The van der Waals surface area contributed by atoms with Crippen molar-refractivity contribution in [2.75, 3.05) is 65.4 Å². The van der Waals surface area contributed by atoms with Gasteiger partial charge in [0.15, 0.2) is 0 Å². The van der Waals surface area contributed by atoms with E-state index in [0.29, 0.717) is 0 Å². The quantitative estimate of drug-likeness (QED) is 0.226. The average Bonchev–Trinajstić information content (AvgIpc) is 2.41. The topological polar surface area (TPSA) is 124 Å². The molecule has 2 fully saturated rings. The lowest BCUT2D eigenvalue weighted by Gasteiger charge is -2.36. The van der Waals surface area contributed by atoms with Crippen molar-refractivity contribution in [3.63, 3.8) is 0 Å². The second-order valence-corrected chi connectivity index (χ2v) is 5.87. The molecule has 20 heavy (non-hydrogen) atoms. The SMILES string of the molecule is N[C@]12CNCCNC[C@](N)(CNCCNC1)NCCN2. The lowest BCUT2D eigenvalue weighted by molar-refractivity contribution is 0.256. The summed E-state index contributed by atoms with van der Waals surface area (Å²) in [7, 11) is 0. The van der Waals surface area contributed by atoms with Gasteiger partial charge in [0, 0.05) is 65.4 Å². The highest BCUT2D eigenvalue weighted by atomic mass is 15.2. The maximum absolute atomic E-state index is 6.43. The Morgan fingerprint density at radius 1 is 0.500 bits per heavy atom. The molecule has 0 radical (unpaired) electrons. The first kappa shape index (κ1) is 16.1. The normalized spacial score (nSPS) is 38.7. The predicted molar refractivity (Wildman–Crippen MR) is 81.3 cm³/mol. The maximum Gasteiger partial charge on any atom is 0.0918 e. The van der Waals surface area contributed by atoms with Crippen LogP contribution in [0.5, 0.6) is 0 Å². The van der Waals surface area contributed by atoms with Crippen LogP contribution in [0, 0.1) is 0 Å². The Kier molecular flexibility index (Phi) is 6.12. The Labute approximate surface area is 121 Å². The van der Waals surface area contributed by atoms with Crippen molar-refractivity contribution in [1.82, 2.24) is 31.9 Å². The maximum atomic E-state index is 6.43. The van der Waals surface area contributed by atoms with Gasteiger partial charge < -0.3 is 32.7 Å². The van der Waals surface area contributed by atoms with Crippen molar-refractivity contribution in [3.05, 3.63) is 0 Å². The van der Waals surface area contributed by atoms with Crippen LogP contribution in [0.2, 0.25) is 0 Å². The van der Waals surface area contributed by atoms with Gasteiger partial charge in [0.05, 0.1) is 11.3 Å². The summed E-state index contributed by atoms with van der Waals surface area (Å²) in [5, 5.41) is 20.5. The molecule has 2 rings (SSSR count). The molecule has 0 spiro atoms. The Hall–Kier alpha value is -0.320. The number of nitrogens with two attached hydrogens (primary N) is 2. The fourth-order valence-electron chi connectivity index (χ4n) is 2.60. The van der Waals surface area contributed by atoms with Crippen LogP contribution in [-0.2, 0) is 0 Å². The predicted octanol–water partition coefficient (Wildman–Crippen LogP) is -4.14. The monoisotopic (exact) mass is 286 g/mol. The van der Waals surface area contributed by atoms with Crippen LogP contribution < -0.4 is 43.4 Å². The highest BCUT2D eigenvalue weighted by Gasteiger charge is 2.27. The van der Waals surface area contributed by atoms with Crippen LogP contribution >= 0.6 is 0 Å². The first-order chi connectivity index (χ1) is 9.62. The summed E-state index contributed by atoms with van der Waals surface area (Å²) in [5.74, 6) is 0. The van der Waals surface area contributed by atoms with Crippen molar-refractivity contribution in [1.29, 1.82) is 0 Å². The molecule has 2 saturated heterocycles. The minimum Gasteiger partial charge on any atom is -0.312 e. The van der Waals surface area contributed by atoms with Crippen LogP contribution in [-0.4, -0.2) is 76.8 Å². The molecule has 0 aliphatic carbocycles. The lowest BCUT2D eigenvalue weighted by Crippen LogP contribution is -2.70. The zero-order chi connectivity index (χ0) is 14.3. The highest BCUT2D eigenvalue weighted by molar-refractivity contribution is 4.91. The van der Waals surface area contributed by atoms with Gasteiger partial charge in [-0.2, -0.15) is 0 Å². The van der Waals surface area contributed by atoms with Gasteiger partial charge in [-0.1, -0.05) is 0 Å². The third-order valence-electron chi connectivity index (χ3n) is 3.80. The molecule has 118 valence electrons. The fourth-order valence-corrected chi connectivity index (χ4v) is 2.60. The number of hydrogen-bond acceptors (Lipinski definition) is 8. The van der Waals surface area contributed by atoms with E-state index < -0.39 is 11.3 Å². The minimum atomic E-state index is -0.433. The van der Waals surface area contributed by atoms with E-state index in [9.17, 15) is 0 Å².